The van der Waals surface area contributed by atoms with Crippen LogP contribution in [0.3, 0.4) is 0 Å². The maximum absolute atomic E-state index is 4.68. The minimum absolute atomic E-state index is 0. The zero-order chi connectivity index (χ0) is 31.3. The van der Waals surface area contributed by atoms with Gasteiger partial charge in [0.25, 0.3) is 0 Å². The Morgan fingerprint density at radius 1 is 0.638 bits per heavy atom. The van der Waals surface area contributed by atoms with Crippen molar-refractivity contribution in [3.8, 4) is 33.6 Å². The van der Waals surface area contributed by atoms with E-state index < -0.39 is 0 Å². The molecule has 0 N–H and O–H groups in total. The molecule has 0 aliphatic carbocycles. The van der Waals surface area contributed by atoms with Gasteiger partial charge >= 0.3 is 0 Å². The second-order valence-corrected chi connectivity index (χ2v) is 12.4. The SMILES string of the molecule is CC(c1ccccc1)c1ccnc(-c2[c-]ccc3c2sc2ccccc23)c1.Cc1cnc(-c2[c-]cccc2)cc1-c1ccccc1.[Ir]. The van der Waals surface area contributed by atoms with Crippen LogP contribution in [0.4, 0.5) is 0 Å². The van der Waals surface area contributed by atoms with Gasteiger partial charge in [0, 0.05) is 43.1 Å². The largest absolute Gasteiger partial charge is 0.305 e. The normalized spacial score (nSPS) is 11.4. The van der Waals surface area contributed by atoms with Crippen LogP contribution >= 0.6 is 11.3 Å². The molecule has 231 valence electrons. The Hall–Kier alpha value is -4.73. The standard InChI is InChI=1S/C25H18NS.C18H14N.Ir/c1-17(18-8-3-2-4-9-18)19-14-15-26-23(16-19)22-12-7-11-21-20-10-5-6-13-24(20)27-25(21)22;1-14-13-19-18(16-10-6-3-7-11-16)12-17(14)15-8-4-2-5-9-15;/h2-11,13-17H,1H3;2-10,12-13H,1H3;/q2*-1;. The molecule has 0 saturated heterocycles. The van der Waals surface area contributed by atoms with Crippen molar-refractivity contribution in [3.63, 3.8) is 0 Å². The molecule has 8 aromatic rings. The number of aryl methyl sites for hydroxylation is 1. The molecular weight excluding hydrogens is 769 g/mol. The number of aromatic nitrogens is 2. The van der Waals surface area contributed by atoms with Gasteiger partial charge in [-0.25, -0.2) is 0 Å². The second-order valence-electron chi connectivity index (χ2n) is 11.3. The quantitative estimate of drug-likeness (QED) is 0.162. The molecule has 4 heteroatoms. The minimum atomic E-state index is 0. The molecule has 0 aliphatic heterocycles. The summed E-state index contributed by atoms with van der Waals surface area (Å²) in [5.74, 6) is 0.328. The zero-order valence-corrected chi connectivity index (χ0v) is 29.4. The average Bonchev–Trinajstić information content (AvgIpc) is 3.52. The van der Waals surface area contributed by atoms with Crippen LogP contribution in [0.2, 0.25) is 0 Å². The van der Waals surface area contributed by atoms with E-state index in [0.29, 0.717) is 5.92 Å². The number of thiophene rings is 1. The molecule has 1 unspecified atom stereocenters. The van der Waals surface area contributed by atoms with Gasteiger partial charge < -0.3 is 9.97 Å². The van der Waals surface area contributed by atoms with Crippen LogP contribution in [0.1, 0.15) is 29.5 Å². The van der Waals surface area contributed by atoms with Gasteiger partial charge in [-0.1, -0.05) is 103 Å². The number of fused-ring (bicyclic) bond motifs is 3. The zero-order valence-electron chi connectivity index (χ0n) is 26.1. The summed E-state index contributed by atoms with van der Waals surface area (Å²) in [5, 5.41) is 2.59. The Morgan fingerprint density at radius 2 is 1.38 bits per heavy atom. The van der Waals surface area contributed by atoms with Crippen molar-refractivity contribution in [2.24, 2.45) is 0 Å². The van der Waals surface area contributed by atoms with E-state index in [1.165, 1.54) is 48.0 Å². The summed E-state index contributed by atoms with van der Waals surface area (Å²) in [6, 6.07) is 54.8. The topological polar surface area (TPSA) is 25.8 Å². The fraction of sp³-hybridized carbons (Fsp3) is 0.0698. The summed E-state index contributed by atoms with van der Waals surface area (Å²) in [4.78, 5) is 9.18. The molecule has 0 fully saturated rings. The van der Waals surface area contributed by atoms with Crippen molar-refractivity contribution >= 4 is 31.5 Å². The van der Waals surface area contributed by atoms with E-state index in [2.05, 4.69) is 139 Å². The fourth-order valence-electron chi connectivity index (χ4n) is 5.82. The average molecular weight is 801 g/mol. The molecule has 47 heavy (non-hydrogen) atoms. The molecule has 1 radical (unpaired) electrons. The summed E-state index contributed by atoms with van der Waals surface area (Å²) < 4.78 is 2.57. The third kappa shape index (κ3) is 7.01. The monoisotopic (exact) mass is 801 g/mol. The van der Waals surface area contributed by atoms with E-state index in [4.69, 9.17) is 0 Å². The number of rotatable bonds is 5. The predicted octanol–water partition coefficient (Wildman–Crippen LogP) is 11.6. The molecule has 1 atom stereocenters. The van der Waals surface area contributed by atoms with E-state index in [1.54, 1.807) is 0 Å². The van der Waals surface area contributed by atoms with E-state index in [9.17, 15) is 0 Å². The molecule has 0 aliphatic rings. The number of nitrogens with zero attached hydrogens (tertiary/aromatic N) is 2. The predicted molar refractivity (Wildman–Crippen MR) is 194 cm³/mol. The van der Waals surface area contributed by atoms with Crippen molar-refractivity contribution in [1.29, 1.82) is 0 Å². The van der Waals surface area contributed by atoms with Crippen molar-refractivity contribution in [3.05, 3.63) is 181 Å². The second kappa shape index (κ2) is 14.8. The van der Waals surface area contributed by atoms with Crippen LogP contribution in [-0.4, -0.2) is 9.97 Å². The first kappa shape index (κ1) is 32.2. The molecule has 8 rings (SSSR count). The van der Waals surface area contributed by atoms with Crippen LogP contribution in [0.15, 0.2) is 152 Å². The molecule has 0 saturated carbocycles. The number of benzene rings is 5. The van der Waals surface area contributed by atoms with Crippen LogP contribution in [0.25, 0.3) is 53.8 Å². The molecule has 3 aromatic heterocycles. The van der Waals surface area contributed by atoms with Gasteiger partial charge in [0.15, 0.2) is 0 Å². The summed E-state index contributed by atoms with van der Waals surface area (Å²) in [6.45, 7) is 4.34. The molecule has 0 spiro atoms. The Balaban J connectivity index is 0.000000171. The van der Waals surface area contributed by atoms with Gasteiger partial charge in [-0.05, 0) is 68.3 Å². The molecular formula is C43H32IrN2S-2. The number of hydrogen-bond acceptors (Lipinski definition) is 3. The first-order valence-corrected chi connectivity index (χ1v) is 16.3. The van der Waals surface area contributed by atoms with Crippen molar-refractivity contribution < 1.29 is 20.1 Å². The van der Waals surface area contributed by atoms with E-state index >= 15 is 0 Å². The molecule has 0 amide bonds. The molecule has 2 nitrogen and oxygen atoms in total. The maximum Gasteiger partial charge on any atom is 0.0239 e. The van der Waals surface area contributed by atoms with Crippen molar-refractivity contribution in [1.82, 2.24) is 9.97 Å². The molecule has 0 bridgehead atoms. The smallest absolute Gasteiger partial charge is 0.0239 e. The van der Waals surface area contributed by atoms with Crippen LogP contribution in [0.5, 0.6) is 0 Å². The Bertz CT molecular complexity index is 2230. The third-order valence-electron chi connectivity index (χ3n) is 8.35. The number of pyridine rings is 2. The van der Waals surface area contributed by atoms with Gasteiger partial charge in [0.2, 0.25) is 0 Å². The fourth-order valence-corrected chi connectivity index (χ4v) is 7.03. The van der Waals surface area contributed by atoms with Gasteiger partial charge in [0.1, 0.15) is 0 Å². The van der Waals surface area contributed by atoms with E-state index in [-0.39, 0.29) is 20.1 Å². The molecule has 3 heterocycles. The van der Waals surface area contributed by atoms with Crippen molar-refractivity contribution in [2.75, 3.05) is 0 Å². The van der Waals surface area contributed by atoms with Gasteiger partial charge in [-0.3, -0.25) is 0 Å². The minimum Gasteiger partial charge on any atom is -0.305 e. The van der Waals surface area contributed by atoms with E-state index in [0.717, 1.165) is 22.5 Å². The summed E-state index contributed by atoms with van der Waals surface area (Å²) in [7, 11) is 0. The van der Waals surface area contributed by atoms with Crippen LogP contribution in [-0.2, 0) is 20.1 Å². The summed E-state index contributed by atoms with van der Waals surface area (Å²) in [6.07, 6.45) is 3.85. The first-order chi connectivity index (χ1) is 22.7. The number of hydrogen-bond donors (Lipinski definition) is 0. The third-order valence-corrected chi connectivity index (χ3v) is 9.56. The Labute approximate surface area is 294 Å². The Kier molecular flexibility index (Phi) is 10.1. The van der Waals surface area contributed by atoms with Gasteiger partial charge in [0.05, 0.1) is 0 Å². The van der Waals surface area contributed by atoms with Gasteiger partial charge in [-0.15, -0.1) is 59.7 Å². The van der Waals surface area contributed by atoms with Crippen LogP contribution in [0, 0.1) is 19.1 Å². The first-order valence-electron chi connectivity index (χ1n) is 15.5. The van der Waals surface area contributed by atoms with Crippen LogP contribution < -0.4 is 0 Å². The Morgan fingerprint density at radius 3 is 2.17 bits per heavy atom. The van der Waals surface area contributed by atoms with Gasteiger partial charge in [-0.2, -0.15) is 11.3 Å². The summed E-state index contributed by atoms with van der Waals surface area (Å²) in [5.41, 5.74) is 10.3. The molecule has 5 aromatic carbocycles. The summed E-state index contributed by atoms with van der Waals surface area (Å²) >= 11 is 1.82. The van der Waals surface area contributed by atoms with Crippen molar-refractivity contribution in [2.45, 2.75) is 19.8 Å². The van der Waals surface area contributed by atoms with E-state index in [1.807, 2.05) is 60.1 Å². The maximum atomic E-state index is 4.68.